The maximum atomic E-state index is 6.63. The summed E-state index contributed by atoms with van der Waals surface area (Å²) in [5.41, 5.74) is 3.79. The van der Waals surface area contributed by atoms with Crippen molar-refractivity contribution in [3.05, 3.63) is 97.1 Å². The van der Waals surface area contributed by atoms with E-state index in [0.717, 1.165) is 11.2 Å². The highest BCUT2D eigenvalue weighted by molar-refractivity contribution is 6.67. The van der Waals surface area contributed by atoms with E-state index in [1.807, 2.05) is 0 Å². The predicted octanol–water partition coefficient (Wildman–Crippen LogP) is 7.39. The topological polar surface area (TPSA) is 23.4 Å². The highest BCUT2D eigenvalue weighted by Crippen LogP contribution is 2.42. The molecule has 1 fully saturated rings. The number of fused-ring (bicyclic) bond motifs is 7. The summed E-state index contributed by atoms with van der Waals surface area (Å²) in [7, 11) is -0.455. The minimum atomic E-state index is -0.455. The van der Waals surface area contributed by atoms with Gasteiger partial charge in [0.15, 0.2) is 0 Å². The second-order valence-electron chi connectivity index (χ2n) is 10.9. The number of nitrogens with zero attached hydrogens (tertiary/aromatic N) is 1. The molecule has 0 radical (unpaired) electrons. The van der Waals surface area contributed by atoms with Crippen LogP contribution in [0.5, 0.6) is 0 Å². The number of benzene rings is 5. The summed E-state index contributed by atoms with van der Waals surface area (Å²) < 4.78 is 15.7. The second-order valence-corrected chi connectivity index (χ2v) is 10.9. The molecule has 1 aliphatic rings. The first-order valence-electron chi connectivity index (χ1n) is 12.6. The largest absolute Gasteiger partial charge is 0.495 e. The first-order chi connectivity index (χ1) is 17.4. The minimum absolute atomic E-state index is 0.417. The van der Waals surface area contributed by atoms with E-state index in [1.54, 1.807) is 0 Å². The van der Waals surface area contributed by atoms with E-state index in [1.165, 1.54) is 43.4 Å². The molecule has 0 saturated carbocycles. The molecule has 36 heavy (non-hydrogen) atoms. The van der Waals surface area contributed by atoms with Gasteiger partial charge in [-0.15, -0.1) is 0 Å². The van der Waals surface area contributed by atoms with Gasteiger partial charge >= 0.3 is 7.12 Å². The fourth-order valence-corrected chi connectivity index (χ4v) is 5.67. The highest BCUT2D eigenvalue weighted by atomic mass is 16.7. The fourth-order valence-electron chi connectivity index (χ4n) is 5.67. The summed E-state index contributed by atoms with van der Waals surface area (Å²) in [6.07, 6.45) is 0. The molecular formula is C32H28BNO2. The number of rotatable bonds is 2. The second kappa shape index (κ2) is 7.46. The lowest BCUT2D eigenvalue weighted by molar-refractivity contribution is 0.00578. The van der Waals surface area contributed by atoms with E-state index in [0.29, 0.717) is 0 Å². The maximum Gasteiger partial charge on any atom is 0.495 e. The molecule has 0 spiro atoms. The summed E-state index contributed by atoms with van der Waals surface area (Å²) in [6.45, 7) is 8.47. The molecule has 7 rings (SSSR count). The smallest absolute Gasteiger partial charge is 0.399 e. The standard InChI is InChI=1S/C32H28BNO2/c1-31(2)32(3,4)36-33(35-31)27-20-22-13-9-11-17-25(22)30-28(27)26-19-18-21-12-8-10-16-24(21)29(26)34(30)23-14-6-5-7-15-23/h5-20H,1-4H3. The summed E-state index contributed by atoms with van der Waals surface area (Å²) in [4.78, 5) is 0. The molecular weight excluding hydrogens is 441 g/mol. The van der Waals surface area contributed by atoms with E-state index in [9.17, 15) is 0 Å². The van der Waals surface area contributed by atoms with Crippen LogP contribution >= 0.6 is 0 Å². The molecule has 0 atom stereocenters. The van der Waals surface area contributed by atoms with Gasteiger partial charge in [-0.05, 0) is 56.1 Å². The van der Waals surface area contributed by atoms with E-state index in [-0.39, 0.29) is 0 Å². The number of hydrogen-bond donors (Lipinski definition) is 0. The molecule has 2 heterocycles. The van der Waals surface area contributed by atoms with Gasteiger partial charge in [-0.2, -0.15) is 0 Å². The van der Waals surface area contributed by atoms with E-state index >= 15 is 0 Å². The van der Waals surface area contributed by atoms with Crippen molar-refractivity contribution in [1.29, 1.82) is 0 Å². The molecule has 6 aromatic rings. The molecule has 0 aliphatic carbocycles. The minimum Gasteiger partial charge on any atom is -0.399 e. The first-order valence-corrected chi connectivity index (χ1v) is 12.6. The normalized spacial score (nSPS) is 17.1. The van der Waals surface area contributed by atoms with Gasteiger partial charge in [-0.1, -0.05) is 84.9 Å². The van der Waals surface area contributed by atoms with Crippen molar-refractivity contribution >= 4 is 55.9 Å². The van der Waals surface area contributed by atoms with Crippen LogP contribution in [0.2, 0.25) is 0 Å². The van der Waals surface area contributed by atoms with Gasteiger partial charge in [-0.3, -0.25) is 0 Å². The average Bonchev–Trinajstić information content (AvgIpc) is 3.34. The fraction of sp³-hybridized carbons (Fsp3) is 0.188. The summed E-state index contributed by atoms with van der Waals surface area (Å²) >= 11 is 0. The monoisotopic (exact) mass is 469 g/mol. The Balaban J connectivity index is 1.71. The van der Waals surface area contributed by atoms with Crippen LogP contribution in [-0.4, -0.2) is 22.9 Å². The van der Waals surface area contributed by atoms with Gasteiger partial charge in [0.2, 0.25) is 0 Å². The summed E-state index contributed by atoms with van der Waals surface area (Å²) in [5.74, 6) is 0. The Bertz CT molecular complexity index is 1780. The molecule has 1 aliphatic heterocycles. The molecule has 0 N–H and O–H groups in total. The molecule has 0 amide bonds. The van der Waals surface area contributed by atoms with Gasteiger partial charge in [-0.25, -0.2) is 0 Å². The lowest BCUT2D eigenvalue weighted by Crippen LogP contribution is -2.41. The van der Waals surface area contributed by atoms with Crippen LogP contribution < -0.4 is 5.46 Å². The van der Waals surface area contributed by atoms with Crippen molar-refractivity contribution < 1.29 is 9.31 Å². The zero-order valence-corrected chi connectivity index (χ0v) is 21.1. The Morgan fingerprint density at radius 3 is 1.86 bits per heavy atom. The maximum absolute atomic E-state index is 6.63. The highest BCUT2D eigenvalue weighted by Gasteiger charge is 2.52. The molecule has 5 aromatic carbocycles. The lowest BCUT2D eigenvalue weighted by Gasteiger charge is -2.32. The third-order valence-corrected chi connectivity index (χ3v) is 8.19. The van der Waals surface area contributed by atoms with Crippen LogP contribution in [0.3, 0.4) is 0 Å². The van der Waals surface area contributed by atoms with Crippen LogP contribution in [0.1, 0.15) is 27.7 Å². The average molecular weight is 469 g/mol. The quantitative estimate of drug-likeness (QED) is 0.247. The third-order valence-electron chi connectivity index (χ3n) is 8.19. The van der Waals surface area contributed by atoms with Crippen LogP contribution in [-0.2, 0) is 9.31 Å². The van der Waals surface area contributed by atoms with E-state index in [4.69, 9.17) is 9.31 Å². The molecule has 0 unspecified atom stereocenters. The van der Waals surface area contributed by atoms with Crippen LogP contribution in [0.4, 0.5) is 0 Å². The van der Waals surface area contributed by atoms with Crippen molar-refractivity contribution in [3.63, 3.8) is 0 Å². The van der Waals surface area contributed by atoms with E-state index in [2.05, 4.69) is 129 Å². The van der Waals surface area contributed by atoms with Crippen molar-refractivity contribution in [3.8, 4) is 5.69 Å². The Morgan fingerprint density at radius 1 is 0.583 bits per heavy atom. The third kappa shape index (κ3) is 2.95. The SMILES string of the molecule is CC1(C)OB(c2cc3ccccc3c3c2c2ccc4ccccc4c2n3-c2ccccc2)OC1(C)C. The van der Waals surface area contributed by atoms with Crippen molar-refractivity contribution in [2.24, 2.45) is 0 Å². The van der Waals surface area contributed by atoms with Crippen molar-refractivity contribution in [1.82, 2.24) is 4.57 Å². The van der Waals surface area contributed by atoms with Crippen LogP contribution in [0, 0.1) is 0 Å². The van der Waals surface area contributed by atoms with E-state index < -0.39 is 18.3 Å². The van der Waals surface area contributed by atoms with Crippen LogP contribution in [0.15, 0.2) is 97.1 Å². The number of hydrogen-bond acceptors (Lipinski definition) is 2. The van der Waals surface area contributed by atoms with Gasteiger partial charge in [0, 0.05) is 27.2 Å². The van der Waals surface area contributed by atoms with Crippen molar-refractivity contribution in [2.45, 2.75) is 38.9 Å². The Hall–Kier alpha value is -3.60. The van der Waals surface area contributed by atoms with Crippen molar-refractivity contribution in [2.75, 3.05) is 0 Å². The molecule has 1 aromatic heterocycles. The zero-order valence-electron chi connectivity index (χ0n) is 21.1. The Morgan fingerprint density at radius 2 is 1.17 bits per heavy atom. The lowest BCUT2D eigenvalue weighted by atomic mass is 9.75. The molecule has 1 saturated heterocycles. The zero-order chi connectivity index (χ0) is 24.7. The summed E-state index contributed by atoms with van der Waals surface area (Å²) in [5, 5.41) is 7.27. The Kier molecular flexibility index (Phi) is 4.49. The molecule has 4 heteroatoms. The van der Waals surface area contributed by atoms with Gasteiger partial charge in [0.25, 0.3) is 0 Å². The van der Waals surface area contributed by atoms with Gasteiger partial charge in [0.05, 0.1) is 22.2 Å². The summed E-state index contributed by atoms with van der Waals surface area (Å²) in [6, 6.07) is 34.7. The first kappa shape index (κ1) is 21.7. The Labute approximate surface area is 211 Å². The molecule has 0 bridgehead atoms. The molecule has 176 valence electrons. The number of para-hydroxylation sites is 1. The predicted molar refractivity (Wildman–Crippen MR) is 152 cm³/mol. The van der Waals surface area contributed by atoms with Crippen LogP contribution in [0.25, 0.3) is 49.0 Å². The molecule has 3 nitrogen and oxygen atoms in total. The van der Waals surface area contributed by atoms with Gasteiger partial charge < -0.3 is 13.9 Å². The van der Waals surface area contributed by atoms with Gasteiger partial charge in [0.1, 0.15) is 0 Å². The number of aromatic nitrogens is 1.